The topological polar surface area (TPSA) is 84.7 Å². The number of benzene rings is 1. The Bertz CT molecular complexity index is 490. The van der Waals surface area contributed by atoms with E-state index in [0.717, 1.165) is 5.69 Å². The average molecular weight is 263 g/mol. The fourth-order valence-corrected chi connectivity index (χ4v) is 2.06. The summed E-state index contributed by atoms with van der Waals surface area (Å²) in [5.74, 6) is 5.38. The Balaban J connectivity index is 2.10. The number of carbonyl (C=O) groups is 2. The molecule has 1 aromatic rings. The van der Waals surface area contributed by atoms with Gasteiger partial charge < -0.3 is 9.64 Å². The van der Waals surface area contributed by atoms with Gasteiger partial charge in [-0.3, -0.25) is 15.0 Å². The molecule has 1 aliphatic rings. The molecule has 1 aromatic carbocycles. The highest BCUT2D eigenvalue weighted by atomic mass is 16.5. The molecule has 0 saturated heterocycles. The normalized spacial score (nSPS) is 17.7. The molecule has 2 amide bonds. The van der Waals surface area contributed by atoms with Crippen molar-refractivity contribution >= 4 is 17.5 Å². The molecule has 0 aromatic heterocycles. The van der Waals surface area contributed by atoms with Crippen molar-refractivity contribution in [3.63, 3.8) is 0 Å². The van der Waals surface area contributed by atoms with E-state index in [1.165, 1.54) is 0 Å². The van der Waals surface area contributed by atoms with Gasteiger partial charge in [0.1, 0.15) is 5.75 Å². The number of ether oxygens (including phenoxy) is 1. The standard InChI is InChI=1S/C13H17N3O3/c1-9-13(18)16(8-4-7-12(17)15-14)10-5-2-3-6-11(10)19-9/h2-3,5-6,9H,4,7-8,14H2,1H3,(H,15,17). The first-order valence-electron chi connectivity index (χ1n) is 6.20. The second kappa shape index (κ2) is 5.71. The molecule has 1 atom stereocenters. The molecule has 2 rings (SSSR count). The van der Waals surface area contributed by atoms with Crippen LogP contribution in [0.2, 0.25) is 0 Å². The molecule has 0 aliphatic carbocycles. The van der Waals surface area contributed by atoms with Crippen LogP contribution in [0.15, 0.2) is 24.3 Å². The van der Waals surface area contributed by atoms with Crippen molar-refractivity contribution in [2.75, 3.05) is 11.4 Å². The number of fused-ring (bicyclic) bond motifs is 1. The quantitative estimate of drug-likeness (QED) is 0.472. The molecule has 0 radical (unpaired) electrons. The second-order valence-corrected chi connectivity index (χ2v) is 4.39. The predicted molar refractivity (Wildman–Crippen MR) is 70.4 cm³/mol. The Morgan fingerprint density at radius 1 is 1.47 bits per heavy atom. The second-order valence-electron chi connectivity index (χ2n) is 4.39. The largest absolute Gasteiger partial charge is 0.479 e. The first-order chi connectivity index (χ1) is 9.13. The van der Waals surface area contributed by atoms with Gasteiger partial charge in [-0.25, -0.2) is 5.84 Å². The average Bonchev–Trinajstić information content (AvgIpc) is 2.42. The van der Waals surface area contributed by atoms with Crippen molar-refractivity contribution in [3.8, 4) is 5.75 Å². The monoisotopic (exact) mass is 263 g/mol. The lowest BCUT2D eigenvalue weighted by Crippen LogP contribution is -2.45. The number of rotatable bonds is 4. The number of carbonyl (C=O) groups excluding carboxylic acids is 2. The first kappa shape index (κ1) is 13.4. The van der Waals surface area contributed by atoms with E-state index in [1.54, 1.807) is 11.8 Å². The van der Waals surface area contributed by atoms with Crippen LogP contribution in [0.4, 0.5) is 5.69 Å². The number of para-hydroxylation sites is 2. The SMILES string of the molecule is CC1Oc2ccccc2N(CCCC(=O)NN)C1=O. The van der Waals surface area contributed by atoms with Crippen LogP contribution in [-0.2, 0) is 9.59 Å². The maximum absolute atomic E-state index is 12.1. The summed E-state index contributed by atoms with van der Waals surface area (Å²) in [6, 6.07) is 7.38. The van der Waals surface area contributed by atoms with Crippen molar-refractivity contribution in [3.05, 3.63) is 24.3 Å². The summed E-state index contributed by atoms with van der Waals surface area (Å²) in [7, 11) is 0. The minimum Gasteiger partial charge on any atom is -0.479 e. The number of hydrogen-bond acceptors (Lipinski definition) is 4. The Kier molecular flexibility index (Phi) is 4.01. The highest BCUT2D eigenvalue weighted by molar-refractivity contribution is 5.99. The lowest BCUT2D eigenvalue weighted by Gasteiger charge is -2.32. The van der Waals surface area contributed by atoms with Crippen LogP contribution in [0.5, 0.6) is 5.75 Å². The summed E-state index contributed by atoms with van der Waals surface area (Å²) < 4.78 is 5.53. The van der Waals surface area contributed by atoms with Crippen molar-refractivity contribution in [1.29, 1.82) is 0 Å². The van der Waals surface area contributed by atoms with E-state index in [0.29, 0.717) is 18.7 Å². The summed E-state index contributed by atoms with van der Waals surface area (Å²) in [5, 5.41) is 0. The third kappa shape index (κ3) is 2.85. The minimum atomic E-state index is -0.502. The van der Waals surface area contributed by atoms with E-state index in [1.807, 2.05) is 24.3 Å². The van der Waals surface area contributed by atoms with Crippen LogP contribution in [0.1, 0.15) is 19.8 Å². The van der Waals surface area contributed by atoms with E-state index < -0.39 is 6.10 Å². The first-order valence-corrected chi connectivity index (χ1v) is 6.20. The van der Waals surface area contributed by atoms with E-state index in [-0.39, 0.29) is 18.2 Å². The molecular weight excluding hydrogens is 246 g/mol. The summed E-state index contributed by atoms with van der Waals surface area (Å²) in [6.45, 7) is 2.19. The molecule has 19 heavy (non-hydrogen) atoms. The van der Waals surface area contributed by atoms with Gasteiger partial charge >= 0.3 is 0 Å². The number of nitrogens with zero attached hydrogens (tertiary/aromatic N) is 1. The number of nitrogens with one attached hydrogen (secondary N) is 1. The molecule has 0 saturated carbocycles. The summed E-state index contributed by atoms with van der Waals surface area (Å²) in [5.41, 5.74) is 2.82. The van der Waals surface area contributed by atoms with Gasteiger partial charge in [0.05, 0.1) is 5.69 Å². The number of hydrogen-bond donors (Lipinski definition) is 2. The Hall–Kier alpha value is -2.08. The van der Waals surface area contributed by atoms with Gasteiger partial charge in [-0.1, -0.05) is 12.1 Å². The summed E-state index contributed by atoms with van der Waals surface area (Å²) in [4.78, 5) is 24.8. The third-order valence-electron chi connectivity index (χ3n) is 3.02. The van der Waals surface area contributed by atoms with Crippen LogP contribution in [0.25, 0.3) is 0 Å². The van der Waals surface area contributed by atoms with Crippen LogP contribution < -0.4 is 20.9 Å². The fraction of sp³-hybridized carbons (Fsp3) is 0.385. The van der Waals surface area contributed by atoms with E-state index in [4.69, 9.17) is 10.6 Å². The zero-order valence-electron chi connectivity index (χ0n) is 10.8. The highest BCUT2D eigenvalue weighted by Gasteiger charge is 2.30. The number of amides is 2. The predicted octanol–water partition coefficient (Wildman–Crippen LogP) is 0.571. The molecular formula is C13H17N3O3. The maximum atomic E-state index is 12.1. The molecule has 1 unspecified atom stereocenters. The summed E-state index contributed by atoms with van der Waals surface area (Å²) in [6.07, 6.45) is 0.339. The minimum absolute atomic E-state index is 0.0909. The lowest BCUT2D eigenvalue weighted by molar-refractivity contribution is -0.126. The Morgan fingerprint density at radius 3 is 2.95 bits per heavy atom. The molecule has 0 spiro atoms. The van der Waals surface area contributed by atoms with Crippen molar-refractivity contribution in [1.82, 2.24) is 5.43 Å². The Labute approximate surface area is 111 Å². The van der Waals surface area contributed by atoms with Gasteiger partial charge in [0, 0.05) is 13.0 Å². The van der Waals surface area contributed by atoms with E-state index in [2.05, 4.69) is 5.43 Å². The van der Waals surface area contributed by atoms with Crippen molar-refractivity contribution < 1.29 is 14.3 Å². The lowest BCUT2D eigenvalue weighted by atomic mass is 10.1. The highest BCUT2D eigenvalue weighted by Crippen LogP contribution is 2.33. The molecule has 102 valence electrons. The van der Waals surface area contributed by atoms with Crippen LogP contribution >= 0.6 is 0 Å². The van der Waals surface area contributed by atoms with Crippen molar-refractivity contribution in [2.45, 2.75) is 25.9 Å². The molecule has 6 heteroatoms. The molecule has 0 fully saturated rings. The molecule has 1 heterocycles. The molecule has 3 N–H and O–H groups in total. The number of hydrazine groups is 1. The van der Waals surface area contributed by atoms with Gasteiger partial charge in [-0.2, -0.15) is 0 Å². The van der Waals surface area contributed by atoms with Gasteiger partial charge in [0.15, 0.2) is 6.10 Å². The zero-order valence-corrected chi connectivity index (χ0v) is 10.8. The van der Waals surface area contributed by atoms with Crippen LogP contribution in [0, 0.1) is 0 Å². The molecule has 6 nitrogen and oxygen atoms in total. The molecule has 0 bridgehead atoms. The van der Waals surface area contributed by atoms with Gasteiger partial charge in [0.2, 0.25) is 5.91 Å². The maximum Gasteiger partial charge on any atom is 0.267 e. The van der Waals surface area contributed by atoms with E-state index >= 15 is 0 Å². The van der Waals surface area contributed by atoms with Gasteiger partial charge in [0.25, 0.3) is 5.91 Å². The summed E-state index contributed by atoms with van der Waals surface area (Å²) >= 11 is 0. The number of anilines is 1. The van der Waals surface area contributed by atoms with E-state index in [9.17, 15) is 9.59 Å². The number of nitrogens with two attached hydrogens (primary N) is 1. The van der Waals surface area contributed by atoms with Crippen LogP contribution in [-0.4, -0.2) is 24.5 Å². The zero-order chi connectivity index (χ0) is 13.8. The Morgan fingerprint density at radius 2 is 2.21 bits per heavy atom. The molecule has 1 aliphatic heterocycles. The smallest absolute Gasteiger partial charge is 0.267 e. The van der Waals surface area contributed by atoms with Gasteiger partial charge in [-0.15, -0.1) is 0 Å². The third-order valence-corrected chi connectivity index (χ3v) is 3.02. The van der Waals surface area contributed by atoms with Gasteiger partial charge in [-0.05, 0) is 25.5 Å². The fourth-order valence-electron chi connectivity index (χ4n) is 2.06. The van der Waals surface area contributed by atoms with Crippen LogP contribution in [0.3, 0.4) is 0 Å². The van der Waals surface area contributed by atoms with Crippen molar-refractivity contribution in [2.24, 2.45) is 5.84 Å².